The van der Waals surface area contributed by atoms with Gasteiger partial charge in [-0.15, -0.1) is 0 Å². The maximum Gasteiger partial charge on any atom is 0.343 e. The average molecular weight is 530 g/mol. The fourth-order valence-electron chi connectivity index (χ4n) is 3.96. The smallest absolute Gasteiger partial charge is 0.343 e. The molecule has 4 rings (SSSR count). The van der Waals surface area contributed by atoms with Gasteiger partial charge in [-0.3, -0.25) is 14.4 Å². The van der Waals surface area contributed by atoms with Crippen molar-refractivity contribution in [2.75, 3.05) is 24.7 Å². The van der Waals surface area contributed by atoms with E-state index < -0.39 is 36.2 Å². The maximum atomic E-state index is 12.6. The Balaban J connectivity index is 1.27. The SMILES string of the molecule is CCCOC(=O)c1ccc(N2C[C@@H](C(=O)OCC(=O)c3ccc(OC(=O)c4ccccc4)cc3)CC2=O)cc1. The van der Waals surface area contributed by atoms with E-state index in [1.165, 1.54) is 29.2 Å². The van der Waals surface area contributed by atoms with Gasteiger partial charge in [-0.1, -0.05) is 25.1 Å². The van der Waals surface area contributed by atoms with Crippen LogP contribution < -0.4 is 9.64 Å². The molecule has 0 spiro atoms. The molecular formula is C30H27NO8. The standard InChI is InChI=1S/C30H27NO8/c1-2-16-37-28(34)22-8-12-24(13-9-22)31-18-23(17-27(31)33)29(35)38-19-26(32)20-10-14-25(15-11-20)39-30(36)21-6-4-3-5-7-21/h3-15,23H,2,16-19H2,1H3/t23-/m0/s1. The highest BCUT2D eigenvalue weighted by Crippen LogP contribution is 2.26. The van der Waals surface area contributed by atoms with Crippen LogP contribution in [0.5, 0.6) is 5.75 Å². The normalized spacial score (nSPS) is 14.5. The molecule has 1 saturated heterocycles. The molecule has 0 aromatic heterocycles. The van der Waals surface area contributed by atoms with E-state index in [-0.39, 0.29) is 30.2 Å². The van der Waals surface area contributed by atoms with E-state index in [1.807, 2.05) is 6.92 Å². The predicted octanol–water partition coefficient (Wildman–Crippen LogP) is 4.25. The summed E-state index contributed by atoms with van der Waals surface area (Å²) in [5, 5.41) is 0. The zero-order valence-electron chi connectivity index (χ0n) is 21.3. The molecule has 0 saturated carbocycles. The minimum atomic E-state index is -0.723. The first-order valence-corrected chi connectivity index (χ1v) is 12.5. The van der Waals surface area contributed by atoms with Crippen LogP contribution in [0.1, 0.15) is 50.8 Å². The third kappa shape index (κ3) is 6.95. The Morgan fingerprint density at radius 3 is 2.10 bits per heavy atom. The first-order valence-electron chi connectivity index (χ1n) is 12.5. The molecule has 9 heteroatoms. The number of hydrogen-bond donors (Lipinski definition) is 0. The minimum absolute atomic E-state index is 0.0468. The summed E-state index contributed by atoms with van der Waals surface area (Å²) in [5.74, 6) is -2.75. The Labute approximate surface area is 225 Å². The van der Waals surface area contributed by atoms with Gasteiger partial charge in [0, 0.05) is 24.2 Å². The van der Waals surface area contributed by atoms with Crippen molar-refractivity contribution in [1.82, 2.24) is 0 Å². The lowest BCUT2D eigenvalue weighted by Gasteiger charge is -2.17. The number of ether oxygens (including phenoxy) is 3. The number of carbonyl (C=O) groups excluding carboxylic acids is 5. The molecular weight excluding hydrogens is 502 g/mol. The van der Waals surface area contributed by atoms with Crippen molar-refractivity contribution in [2.45, 2.75) is 19.8 Å². The Hall–Kier alpha value is -4.79. The van der Waals surface area contributed by atoms with Gasteiger partial charge in [0.1, 0.15) is 5.75 Å². The summed E-state index contributed by atoms with van der Waals surface area (Å²) < 4.78 is 15.6. The van der Waals surface area contributed by atoms with Crippen molar-refractivity contribution in [3.05, 3.63) is 95.6 Å². The van der Waals surface area contributed by atoms with Crippen LogP contribution in [-0.4, -0.2) is 49.4 Å². The van der Waals surface area contributed by atoms with Crippen molar-refractivity contribution >= 4 is 35.3 Å². The predicted molar refractivity (Wildman–Crippen MR) is 141 cm³/mol. The highest BCUT2D eigenvalue weighted by Gasteiger charge is 2.36. The summed E-state index contributed by atoms with van der Waals surface area (Å²) in [7, 11) is 0. The third-order valence-corrected chi connectivity index (χ3v) is 6.05. The molecule has 3 aromatic rings. The lowest BCUT2D eigenvalue weighted by Crippen LogP contribution is -2.27. The molecule has 1 aliphatic heterocycles. The molecule has 1 atom stereocenters. The fourth-order valence-corrected chi connectivity index (χ4v) is 3.96. The number of benzene rings is 3. The Morgan fingerprint density at radius 1 is 0.795 bits per heavy atom. The van der Waals surface area contributed by atoms with Gasteiger partial charge >= 0.3 is 17.9 Å². The summed E-state index contributed by atoms with van der Waals surface area (Å²) in [6, 6.07) is 20.8. The summed E-state index contributed by atoms with van der Waals surface area (Å²) in [6.45, 7) is 1.85. The lowest BCUT2D eigenvalue weighted by atomic mass is 10.1. The summed E-state index contributed by atoms with van der Waals surface area (Å²) in [5.41, 5.74) is 1.60. The molecule has 200 valence electrons. The zero-order chi connectivity index (χ0) is 27.8. The molecule has 0 radical (unpaired) electrons. The number of hydrogen-bond acceptors (Lipinski definition) is 8. The first kappa shape index (κ1) is 27.3. The number of amides is 1. The van der Waals surface area contributed by atoms with Crippen LogP contribution in [0.2, 0.25) is 0 Å². The van der Waals surface area contributed by atoms with Gasteiger partial charge in [-0.05, 0) is 67.1 Å². The van der Waals surface area contributed by atoms with Crippen molar-refractivity contribution in [3.63, 3.8) is 0 Å². The highest BCUT2D eigenvalue weighted by molar-refractivity contribution is 6.01. The van der Waals surface area contributed by atoms with E-state index in [0.717, 1.165) is 0 Å². The van der Waals surface area contributed by atoms with E-state index in [4.69, 9.17) is 14.2 Å². The van der Waals surface area contributed by atoms with Crippen LogP contribution in [-0.2, 0) is 19.1 Å². The quantitative estimate of drug-likeness (QED) is 0.217. The van der Waals surface area contributed by atoms with Gasteiger partial charge in [0.05, 0.1) is 23.7 Å². The van der Waals surface area contributed by atoms with Crippen LogP contribution >= 0.6 is 0 Å². The molecule has 1 heterocycles. The second-order valence-corrected chi connectivity index (χ2v) is 8.90. The molecule has 1 amide bonds. The number of anilines is 1. The second kappa shape index (κ2) is 12.6. The van der Waals surface area contributed by atoms with Crippen LogP contribution in [0.4, 0.5) is 5.69 Å². The molecule has 3 aromatic carbocycles. The topological polar surface area (TPSA) is 116 Å². The number of nitrogens with zero attached hydrogens (tertiary/aromatic N) is 1. The Bertz CT molecular complexity index is 1350. The Morgan fingerprint density at radius 2 is 1.44 bits per heavy atom. The van der Waals surface area contributed by atoms with Crippen LogP contribution in [0.15, 0.2) is 78.9 Å². The highest BCUT2D eigenvalue weighted by atomic mass is 16.5. The molecule has 0 unspecified atom stereocenters. The summed E-state index contributed by atoms with van der Waals surface area (Å²) in [4.78, 5) is 63.2. The molecule has 1 aliphatic rings. The van der Waals surface area contributed by atoms with Crippen molar-refractivity contribution < 1.29 is 38.2 Å². The first-order chi connectivity index (χ1) is 18.9. The number of rotatable bonds is 10. The van der Waals surface area contributed by atoms with Gasteiger partial charge in [0.2, 0.25) is 5.91 Å². The second-order valence-electron chi connectivity index (χ2n) is 8.90. The van der Waals surface area contributed by atoms with Crippen molar-refractivity contribution in [1.29, 1.82) is 0 Å². The lowest BCUT2D eigenvalue weighted by molar-refractivity contribution is -0.147. The van der Waals surface area contributed by atoms with Crippen LogP contribution in [0.3, 0.4) is 0 Å². The molecule has 0 bridgehead atoms. The molecule has 1 fully saturated rings. The van der Waals surface area contributed by atoms with Gasteiger partial charge in [-0.25, -0.2) is 9.59 Å². The maximum absolute atomic E-state index is 12.6. The number of Topliss-reactive ketones (excluding diaryl/α,β-unsaturated/α-hetero) is 1. The monoisotopic (exact) mass is 529 g/mol. The average Bonchev–Trinajstić information content (AvgIpc) is 3.36. The fraction of sp³-hybridized carbons (Fsp3) is 0.233. The summed E-state index contributed by atoms with van der Waals surface area (Å²) >= 11 is 0. The summed E-state index contributed by atoms with van der Waals surface area (Å²) in [6.07, 6.45) is 0.669. The van der Waals surface area contributed by atoms with Crippen LogP contribution in [0, 0.1) is 5.92 Å². The molecule has 39 heavy (non-hydrogen) atoms. The number of esters is 3. The van der Waals surface area contributed by atoms with E-state index in [9.17, 15) is 24.0 Å². The van der Waals surface area contributed by atoms with E-state index in [2.05, 4.69) is 0 Å². The zero-order valence-corrected chi connectivity index (χ0v) is 21.3. The minimum Gasteiger partial charge on any atom is -0.462 e. The van der Waals surface area contributed by atoms with E-state index in [1.54, 1.807) is 54.6 Å². The van der Waals surface area contributed by atoms with Crippen molar-refractivity contribution in [2.24, 2.45) is 5.92 Å². The molecule has 0 N–H and O–H groups in total. The van der Waals surface area contributed by atoms with E-state index in [0.29, 0.717) is 29.8 Å². The molecule has 9 nitrogen and oxygen atoms in total. The third-order valence-electron chi connectivity index (χ3n) is 6.05. The molecule has 0 aliphatic carbocycles. The van der Waals surface area contributed by atoms with Crippen molar-refractivity contribution in [3.8, 4) is 5.75 Å². The van der Waals surface area contributed by atoms with Gasteiger partial charge in [0.15, 0.2) is 12.4 Å². The van der Waals surface area contributed by atoms with Crippen LogP contribution in [0.25, 0.3) is 0 Å². The number of carbonyl (C=O) groups is 5. The van der Waals surface area contributed by atoms with E-state index >= 15 is 0 Å². The number of ketones is 1. The Kier molecular flexibility index (Phi) is 8.83. The van der Waals surface area contributed by atoms with Gasteiger partial charge < -0.3 is 19.1 Å². The van der Waals surface area contributed by atoms with Gasteiger partial charge in [0.25, 0.3) is 0 Å². The largest absolute Gasteiger partial charge is 0.462 e. The van der Waals surface area contributed by atoms with Gasteiger partial charge in [-0.2, -0.15) is 0 Å².